The summed E-state index contributed by atoms with van der Waals surface area (Å²) in [5.74, 6) is 3.04. The summed E-state index contributed by atoms with van der Waals surface area (Å²) in [7, 11) is 0. The van der Waals surface area contributed by atoms with E-state index in [0.717, 1.165) is 29.7 Å². The molecule has 3 nitrogen and oxygen atoms in total. The van der Waals surface area contributed by atoms with Crippen molar-refractivity contribution in [3.05, 3.63) is 59.4 Å². The largest absolute Gasteiger partial charge is 0.478 e. The van der Waals surface area contributed by atoms with Gasteiger partial charge in [-0.05, 0) is 97.6 Å². The van der Waals surface area contributed by atoms with Crippen molar-refractivity contribution in [2.75, 3.05) is 0 Å². The first-order chi connectivity index (χ1) is 13.1. The van der Waals surface area contributed by atoms with E-state index in [0.29, 0.717) is 11.7 Å². The Morgan fingerprint density at radius 3 is 2.11 bits per heavy atom. The van der Waals surface area contributed by atoms with Gasteiger partial charge in [0.2, 0.25) is 0 Å². The van der Waals surface area contributed by atoms with Crippen LogP contribution in [0.4, 0.5) is 4.39 Å². The van der Waals surface area contributed by atoms with Gasteiger partial charge in [-0.15, -0.1) is 0 Å². The van der Waals surface area contributed by atoms with Crippen LogP contribution in [-0.2, 0) is 0 Å². The summed E-state index contributed by atoms with van der Waals surface area (Å²) in [6.07, 6.45) is 7.00. The number of hydrogen-bond donors (Lipinski definition) is 1. The topological polar surface area (TPSA) is 46.5 Å². The summed E-state index contributed by atoms with van der Waals surface area (Å²) >= 11 is 0. The van der Waals surface area contributed by atoms with Crippen LogP contribution in [0.2, 0.25) is 0 Å². The van der Waals surface area contributed by atoms with Crippen molar-refractivity contribution < 1.29 is 19.0 Å². The minimum atomic E-state index is -1.15. The van der Waals surface area contributed by atoms with Crippen molar-refractivity contribution in [1.29, 1.82) is 0 Å². The summed E-state index contributed by atoms with van der Waals surface area (Å²) in [5, 5.41) is 8.92. The van der Waals surface area contributed by atoms with Crippen LogP contribution in [0.5, 0.6) is 11.5 Å². The number of hydrogen-bond acceptors (Lipinski definition) is 2. The van der Waals surface area contributed by atoms with Crippen LogP contribution in [0.3, 0.4) is 0 Å². The van der Waals surface area contributed by atoms with Gasteiger partial charge < -0.3 is 9.84 Å². The van der Waals surface area contributed by atoms with Crippen LogP contribution >= 0.6 is 0 Å². The molecule has 0 aliphatic heterocycles. The van der Waals surface area contributed by atoms with Crippen LogP contribution in [0.1, 0.15) is 53.9 Å². The summed E-state index contributed by atoms with van der Waals surface area (Å²) in [5.41, 5.74) is 1.30. The van der Waals surface area contributed by atoms with Crippen molar-refractivity contribution in [3.63, 3.8) is 0 Å². The first-order valence-corrected chi connectivity index (χ1v) is 9.87. The maximum Gasteiger partial charge on any atom is 0.335 e. The Hall–Kier alpha value is -2.36. The molecule has 0 heterocycles. The molecule has 2 aromatic rings. The van der Waals surface area contributed by atoms with Gasteiger partial charge in [-0.2, -0.15) is 0 Å². The quantitative estimate of drug-likeness (QED) is 0.738. The summed E-state index contributed by atoms with van der Waals surface area (Å²) < 4.78 is 19.7. The van der Waals surface area contributed by atoms with E-state index in [1.807, 2.05) is 12.1 Å². The van der Waals surface area contributed by atoms with E-state index in [1.54, 1.807) is 0 Å². The molecule has 27 heavy (non-hydrogen) atoms. The first-order valence-electron chi connectivity index (χ1n) is 9.87. The predicted molar refractivity (Wildman–Crippen MR) is 99.7 cm³/mol. The number of aromatic carboxylic acids is 1. The second-order valence-corrected chi connectivity index (χ2v) is 8.58. The van der Waals surface area contributed by atoms with Crippen molar-refractivity contribution in [1.82, 2.24) is 0 Å². The number of benzene rings is 2. The van der Waals surface area contributed by atoms with E-state index >= 15 is 0 Å². The van der Waals surface area contributed by atoms with E-state index in [4.69, 9.17) is 9.84 Å². The molecule has 2 aromatic carbocycles. The monoisotopic (exact) mass is 366 g/mol. The van der Waals surface area contributed by atoms with Gasteiger partial charge in [0, 0.05) is 0 Å². The van der Waals surface area contributed by atoms with Crippen LogP contribution in [-0.4, -0.2) is 11.1 Å². The predicted octanol–water partition coefficient (Wildman–Crippen LogP) is 5.86. The normalized spacial score (nSPS) is 31.1. The van der Waals surface area contributed by atoms with Crippen molar-refractivity contribution >= 4 is 5.97 Å². The highest BCUT2D eigenvalue weighted by atomic mass is 19.1. The van der Waals surface area contributed by atoms with Crippen molar-refractivity contribution in [3.8, 4) is 11.5 Å². The molecule has 0 radical (unpaired) electrons. The van der Waals surface area contributed by atoms with Gasteiger partial charge in [0.25, 0.3) is 0 Å². The Morgan fingerprint density at radius 2 is 1.56 bits per heavy atom. The highest BCUT2D eigenvalue weighted by molar-refractivity contribution is 5.87. The lowest BCUT2D eigenvalue weighted by atomic mass is 9.51. The zero-order valence-corrected chi connectivity index (χ0v) is 15.1. The molecule has 6 rings (SSSR count). The van der Waals surface area contributed by atoms with E-state index < -0.39 is 11.8 Å². The van der Waals surface area contributed by atoms with E-state index in [2.05, 4.69) is 12.1 Å². The standard InChI is InChI=1S/C23H23FO3/c24-20-12-16(23(25)26)3-6-21(20)27-19-4-1-15(2-5-19)22-17-8-13-7-14(10-17)11-18(22)9-13/h1-6,12-14,17-18,22H,7-11H2,(H,25,26). The number of carbonyl (C=O) groups is 1. The lowest BCUT2D eigenvalue weighted by molar-refractivity contribution is -0.00279. The molecule has 140 valence electrons. The van der Waals surface area contributed by atoms with Gasteiger partial charge in [0.1, 0.15) is 5.75 Å². The molecule has 4 saturated carbocycles. The van der Waals surface area contributed by atoms with Gasteiger partial charge in [0.05, 0.1) is 5.56 Å². The molecule has 1 N–H and O–H groups in total. The maximum atomic E-state index is 14.1. The minimum Gasteiger partial charge on any atom is -0.478 e. The number of ether oxygens (including phenoxy) is 1. The van der Waals surface area contributed by atoms with Gasteiger partial charge in [-0.3, -0.25) is 0 Å². The third-order valence-corrected chi connectivity index (χ3v) is 6.90. The zero-order valence-electron chi connectivity index (χ0n) is 15.1. The fourth-order valence-corrected chi connectivity index (χ4v) is 6.07. The molecule has 0 spiro atoms. The molecule has 0 unspecified atom stereocenters. The number of carboxylic acid groups (broad SMARTS) is 1. The second kappa shape index (κ2) is 6.36. The fourth-order valence-electron chi connectivity index (χ4n) is 6.07. The third kappa shape index (κ3) is 3.01. The maximum absolute atomic E-state index is 14.1. The van der Waals surface area contributed by atoms with E-state index in [9.17, 15) is 9.18 Å². The molecule has 0 saturated heterocycles. The molecule has 4 fully saturated rings. The van der Waals surface area contributed by atoms with Crippen LogP contribution in [0, 0.1) is 29.5 Å². The fraction of sp³-hybridized carbons (Fsp3) is 0.435. The molecule has 0 amide bonds. The molecule has 4 aliphatic rings. The third-order valence-electron chi connectivity index (χ3n) is 6.90. The molecular formula is C23H23FO3. The Bertz CT molecular complexity index is 846. The number of halogens is 1. The first kappa shape index (κ1) is 16.8. The van der Waals surface area contributed by atoms with Crippen molar-refractivity contribution in [2.24, 2.45) is 23.7 Å². The average Bonchev–Trinajstić information content (AvgIpc) is 2.63. The van der Waals surface area contributed by atoms with Crippen LogP contribution in [0.15, 0.2) is 42.5 Å². The number of rotatable bonds is 4. The summed E-state index contributed by atoms with van der Waals surface area (Å²) in [4.78, 5) is 10.9. The molecule has 4 bridgehead atoms. The number of carboxylic acids is 1. The van der Waals surface area contributed by atoms with Crippen LogP contribution < -0.4 is 4.74 Å². The SMILES string of the molecule is O=C(O)c1ccc(Oc2ccc(C3C4CC5CC(C4)CC3C5)cc2)c(F)c1. The second-order valence-electron chi connectivity index (χ2n) is 8.58. The lowest BCUT2D eigenvalue weighted by Gasteiger charge is -2.54. The molecular weight excluding hydrogens is 343 g/mol. The zero-order chi connectivity index (χ0) is 18.5. The van der Waals surface area contributed by atoms with Gasteiger partial charge in [-0.25, -0.2) is 9.18 Å². The Balaban J connectivity index is 1.33. The lowest BCUT2D eigenvalue weighted by Crippen LogP contribution is -2.43. The average molecular weight is 366 g/mol. The van der Waals surface area contributed by atoms with E-state index in [-0.39, 0.29) is 11.3 Å². The van der Waals surface area contributed by atoms with Crippen LogP contribution in [0.25, 0.3) is 0 Å². The highest BCUT2D eigenvalue weighted by Gasteiger charge is 2.48. The Morgan fingerprint density at radius 1 is 0.926 bits per heavy atom. The van der Waals surface area contributed by atoms with Gasteiger partial charge in [-0.1, -0.05) is 12.1 Å². The van der Waals surface area contributed by atoms with E-state index in [1.165, 1.54) is 49.8 Å². The van der Waals surface area contributed by atoms with Gasteiger partial charge in [0.15, 0.2) is 11.6 Å². The molecule has 0 atom stereocenters. The molecule has 0 aromatic heterocycles. The molecule has 4 heteroatoms. The summed E-state index contributed by atoms with van der Waals surface area (Å²) in [6, 6.07) is 11.8. The van der Waals surface area contributed by atoms with Gasteiger partial charge >= 0.3 is 5.97 Å². The minimum absolute atomic E-state index is 0.0439. The highest BCUT2D eigenvalue weighted by Crippen LogP contribution is 2.59. The Kier molecular flexibility index (Phi) is 3.96. The molecule has 4 aliphatic carbocycles. The smallest absolute Gasteiger partial charge is 0.335 e. The summed E-state index contributed by atoms with van der Waals surface area (Å²) in [6.45, 7) is 0. The van der Waals surface area contributed by atoms with Crippen molar-refractivity contribution in [2.45, 2.75) is 38.0 Å². The Labute approximate surface area is 158 Å².